The van der Waals surface area contributed by atoms with Crippen LogP contribution in [0.4, 0.5) is 0 Å². The predicted octanol–water partition coefficient (Wildman–Crippen LogP) is 5.24. The fourth-order valence-electron chi connectivity index (χ4n) is 3.75. The van der Waals surface area contributed by atoms with Crippen LogP contribution in [0.15, 0.2) is 71.8 Å². The van der Waals surface area contributed by atoms with Crippen LogP contribution in [0.3, 0.4) is 0 Å². The molecule has 7 heteroatoms. The number of hydrogen-bond acceptors (Lipinski definition) is 4. The first kappa shape index (κ1) is 20.2. The van der Waals surface area contributed by atoms with Gasteiger partial charge in [-0.15, -0.1) is 0 Å². The number of halogens is 1. The molecule has 0 saturated heterocycles. The number of nitrogens with one attached hydrogen (secondary N) is 1. The fraction of sp³-hybridized carbons (Fsp3) is 0.120. The maximum Gasteiger partial charge on any atom is 0.260 e. The van der Waals surface area contributed by atoms with Crippen LogP contribution in [0.5, 0.6) is 0 Å². The third-order valence-corrected chi connectivity index (χ3v) is 5.67. The van der Waals surface area contributed by atoms with Gasteiger partial charge in [-0.05, 0) is 49.7 Å². The molecule has 1 N–H and O–H groups in total. The second kappa shape index (κ2) is 8.05. The predicted molar refractivity (Wildman–Crippen MR) is 129 cm³/mol. The van der Waals surface area contributed by atoms with Gasteiger partial charge in [0.05, 0.1) is 22.3 Å². The van der Waals surface area contributed by atoms with Crippen molar-refractivity contribution in [1.29, 1.82) is 0 Å². The molecule has 0 fully saturated rings. The standard InChI is InChI=1S/C25H20ClN5O/c1-15-7-9-17(10-8-15)16(2)29-30-23(32)14-31-22-12-11-18(26)13-19(22)24-25(31)28-21-6-4-3-5-20(21)27-24/h3-13H,14H2,1-2H3,(H,30,32)/b29-16-. The minimum Gasteiger partial charge on any atom is -0.314 e. The molecule has 158 valence electrons. The van der Waals surface area contributed by atoms with Crippen LogP contribution in [-0.2, 0) is 11.3 Å². The third-order valence-electron chi connectivity index (χ3n) is 5.43. The monoisotopic (exact) mass is 441 g/mol. The minimum atomic E-state index is -0.250. The summed E-state index contributed by atoms with van der Waals surface area (Å²) in [6, 6.07) is 21.2. The van der Waals surface area contributed by atoms with Crippen LogP contribution in [-0.4, -0.2) is 26.2 Å². The highest BCUT2D eigenvalue weighted by molar-refractivity contribution is 6.31. The molecular formula is C25H20ClN5O. The third kappa shape index (κ3) is 3.69. The molecule has 0 aliphatic rings. The van der Waals surface area contributed by atoms with Crippen LogP contribution in [0.25, 0.3) is 33.1 Å². The minimum absolute atomic E-state index is 0.0549. The van der Waals surface area contributed by atoms with Gasteiger partial charge in [0.2, 0.25) is 0 Å². The zero-order valence-corrected chi connectivity index (χ0v) is 18.4. The summed E-state index contributed by atoms with van der Waals surface area (Å²) in [7, 11) is 0. The molecule has 0 saturated carbocycles. The molecule has 5 rings (SSSR count). The summed E-state index contributed by atoms with van der Waals surface area (Å²) in [6.07, 6.45) is 0. The van der Waals surface area contributed by atoms with Crippen molar-refractivity contribution in [3.8, 4) is 0 Å². The van der Waals surface area contributed by atoms with Crippen LogP contribution >= 0.6 is 11.6 Å². The lowest BCUT2D eigenvalue weighted by Gasteiger charge is -2.07. The van der Waals surface area contributed by atoms with Crippen LogP contribution in [0.1, 0.15) is 18.1 Å². The number of nitrogens with zero attached hydrogens (tertiary/aromatic N) is 4. The van der Waals surface area contributed by atoms with Crippen molar-refractivity contribution in [2.45, 2.75) is 20.4 Å². The quantitative estimate of drug-likeness (QED) is 0.306. The first-order chi connectivity index (χ1) is 15.5. The van der Waals surface area contributed by atoms with Crippen molar-refractivity contribution in [2.75, 3.05) is 0 Å². The molecule has 0 atom stereocenters. The van der Waals surface area contributed by atoms with Gasteiger partial charge < -0.3 is 4.57 Å². The van der Waals surface area contributed by atoms with Crippen molar-refractivity contribution >= 4 is 56.3 Å². The summed E-state index contributed by atoms with van der Waals surface area (Å²) in [4.78, 5) is 22.4. The van der Waals surface area contributed by atoms with Crippen molar-refractivity contribution in [3.05, 3.63) is 82.9 Å². The van der Waals surface area contributed by atoms with Gasteiger partial charge in [0.25, 0.3) is 5.91 Å². The first-order valence-electron chi connectivity index (χ1n) is 10.2. The van der Waals surface area contributed by atoms with E-state index in [0.29, 0.717) is 16.2 Å². The fourth-order valence-corrected chi connectivity index (χ4v) is 3.92. The zero-order valence-electron chi connectivity index (χ0n) is 17.6. The highest BCUT2D eigenvalue weighted by Crippen LogP contribution is 2.30. The molecule has 1 amide bonds. The Morgan fingerprint density at radius 2 is 1.75 bits per heavy atom. The Morgan fingerprint density at radius 1 is 1.03 bits per heavy atom. The van der Waals surface area contributed by atoms with Crippen LogP contribution in [0, 0.1) is 6.92 Å². The Labute approximate surface area is 189 Å². The Balaban J connectivity index is 1.52. The van der Waals surface area contributed by atoms with E-state index in [1.54, 1.807) is 6.07 Å². The lowest BCUT2D eigenvalue weighted by molar-refractivity contribution is -0.121. The van der Waals surface area contributed by atoms with E-state index in [0.717, 1.165) is 33.2 Å². The highest BCUT2D eigenvalue weighted by atomic mass is 35.5. The number of hydrazone groups is 1. The molecular weight excluding hydrogens is 422 g/mol. The summed E-state index contributed by atoms with van der Waals surface area (Å²) in [5, 5.41) is 5.74. The zero-order chi connectivity index (χ0) is 22.2. The number of aryl methyl sites for hydroxylation is 1. The van der Waals surface area contributed by atoms with E-state index in [4.69, 9.17) is 21.6 Å². The maximum absolute atomic E-state index is 12.8. The van der Waals surface area contributed by atoms with E-state index in [1.165, 1.54) is 5.56 Å². The van der Waals surface area contributed by atoms with E-state index in [1.807, 2.05) is 79.1 Å². The Kier molecular flexibility index (Phi) is 5.07. The first-order valence-corrected chi connectivity index (χ1v) is 10.6. The number of carbonyl (C=O) groups is 1. The van der Waals surface area contributed by atoms with E-state index in [2.05, 4.69) is 10.5 Å². The van der Waals surface area contributed by atoms with E-state index in [9.17, 15) is 4.79 Å². The Hall–Kier alpha value is -3.77. The lowest BCUT2D eigenvalue weighted by Crippen LogP contribution is -2.24. The van der Waals surface area contributed by atoms with E-state index < -0.39 is 0 Å². The van der Waals surface area contributed by atoms with Crippen molar-refractivity contribution in [1.82, 2.24) is 20.0 Å². The highest BCUT2D eigenvalue weighted by Gasteiger charge is 2.17. The summed E-state index contributed by atoms with van der Waals surface area (Å²) >= 11 is 6.25. The number of aromatic nitrogens is 3. The average molecular weight is 442 g/mol. The van der Waals surface area contributed by atoms with E-state index >= 15 is 0 Å². The second-order valence-corrected chi connectivity index (χ2v) is 8.17. The largest absolute Gasteiger partial charge is 0.314 e. The molecule has 2 heterocycles. The van der Waals surface area contributed by atoms with Crippen molar-refractivity contribution in [3.63, 3.8) is 0 Å². The molecule has 2 aromatic heterocycles. The molecule has 5 aromatic rings. The summed E-state index contributed by atoms with van der Waals surface area (Å²) in [6.45, 7) is 3.95. The van der Waals surface area contributed by atoms with Gasteiger partial charge in [-0.1, -0.05) is 53.6 Å². The topological polar surface area (TPSA) is 72.2 Å². The molecule has 3 aromatic carbocycles. The molecule has 0 aliphatic heterocycles. The number of carbonyl (C=O) groups excluding carboxylic acids is 1. The van der Waals surface area contributed by atoms with Gasteiger partial charge in [0.15, 0.2) is 5.65 Å². The summed E-state index contributed by atoms with van der Waals surface area (Å²) in [5.74, 6) is -0.250. The van der Waals surface area contributed by atoms with Crippen LogP contribution in [0.2, 0.25) is 5.02 Å². The summed E-state index contributed by atoms with van der Waals surface area (Å²) in [5.41, 5.74) is 9.28. The maximum atomic E-state index is 12.8. The molecule has 6 nitrogen and oxygen atoms in total. The van der Waals surface area contributed by atoms with Gasteiger partial charge in [-0.25, -0.2) is 15.4 Å². The molecule has 0 bridgehead atoms. The van der Waals surface area contributed by atoms with Gasteiger partial charge in [0, 0.05) is 10.4 Å². The molecule has 32 heavy (non-hydrogen) atoms. The number of rotatable bonds is 4. The van der Waals surface area contributed by atoms with Gasteiger partial charge in [-0.3, -0.25) is 4.79 Å². The SMILES string of the molecule is C/C(=N/NC(=O)Cn1c2ccc(Cl)cc2c2nc3ccccc3nc21)c1ccc(C)cc1. The molecule has 0 unspecified atom stereocenters. The summed E-state index contributed by atoms with van der Waals surface area (Å²) < 4.78 is 1.85. The number of benzene rings is 3. The molecule has 0 radical (unpaired) electrons. The van der Waals surface area contributed by atoms with Crippen molar-refractivity contribution < 1.29 is 4.79 Å². The van der Waals surface area contributed by atoms with Crippen LogP contribution < -0.4 is 5.43 Å². The van der Waals surface area contributed by atoms with Gasteiger partial charge >= 0.3 is 0 Å². The van der Waals surface area contributed by atoms with Gasteiger partial charge in [0.1, 0.15) is 12.1 Å². The Morgan fingerprint density at radius 3 is 2.50 bits per heavy atom. The molecule has 0 spiro atoms. The second-order valence-electron chi connectivity index (χ2n) is 7.73. The lowest BCUT2D eigenvalue weighted by atomic mass is 10.1. The Bertz CT molecular complexity index is 1520. The van der Waals surface area contributed by atoms with Crippen molar-refractivity contribution in [2.24, 2.45) is 5.10 Å². The smallest absolute Gasteiger partial charge is 0.260 e. The number of hydrogen-bond donors (Lipinski definition) is 1. The normalized spacial score (nSPS) is 12.0. The van der Waals surface area contributed by atoms with Gasteiger partial charge in [-0.2, -0.15) is 5.10 Å². The molecule has 0 aliphatic carbocycles. The van der Waals surface area contributed by atoms with E-state index in [-0.39, 0.29) is 12.5 Å². The number of para-hydroxylation sites is 2. The average Bonchev–Trinajstić information content (AvgIpc) is 3.08. The number of fused-ring (bicyclic) bond motifs is 4. The number of amides is 1.